The van der Waals surface area contributed by atoms with Gasteiger partial charge in [0.2, 0.25) is 15.8 Å². The number of aromatic nitrogens is 2. The molecule has 1 atom stereocenters. The van der Waals surface area contributed by atoms with Gasteiger partial charge in [-0.2, -0.15) is 0 Å². The summed E-state index contributed by atoms with van der Waals surface area (Å²) in [5, 5.41) is 20.0. The highest BCUT2D eigenvalue weighted by molar-refractivity contribution is 9.10. The maximum Gasteiger partial charge on any atom is 0.211 e. The third-order valence-electron chi connectivity index (χ3n) is 4.24. The molecule has 1 aromatic carbocycles. The topological polar surface area (TPSA) is 133 Å². The third-order valence-corrected chi connectivity index (χ3v) is 6.12. The van der Waals surface area contributed by atoms with E-state index in [9.17, 15) is 18.0 Å². The molecular weight excluding hydrogens is 459 g/mol. The molecule has 1 saturated heterocycles. The molecule has 0 bridgehead atoms. The number of hydrogen-bond donors (Lipinski definition) is 3. The predicted molar refractivity (Wildman–Crippen MR) is 103 cm³/mol. The van der Waals surface area contributed by atoms with Crippen LogP contribution < -0.4 is 10.8 Å². The number of hydrogen-bond acceptors (Lipinski definition) is 8. The van der Waals surface area contributed by atoms with Crippen molar-refractivity contribution in [3.63, 3.8) is 0 Å². The molecule has 1 aliphatic rings. The summed E-state index contributed by atoms with van der Waals surface area (Å²) in [5.41, 5.74) is 2.42. The van der Waals surface area contributed by atoms with Crippen LogP contribution in [0.2, 0.25) is 0 Å². The lowest BCUT2D eigenvalue weighted by Crippen LogP contribution is -2.29. The Bertz CT molecular complexity index is 983. The molecular formula is C15H18BrFN6O4S. The van der Waals surface area contributed by atoms with E-state index in [4.69, 9.17) is 4.63 Å². The zero-order valence-electron chi connectivity index (χ0n) is 14.8. The lowest BCUT2D eigenvalue weighted by Gasteiger charge is -2.13. The van der Waals surface area contributed by atoms with Crippen LogP contribution in [0, 0.1) is 11.7 Å². The maximum absolute atomic E-state index is 13.4. The van der Waals surface area contributed by atoms with E-state index in [0.29, 0.717) is 31.7 Å². The van der Waals surface area contributed by atoms with Crippen molar-refractivity contribution in [3.05, 3.63) is 34.2 Å². The smallest absolute Gasteiger partial charge is 0.211 e. The highest BCUT2D eigenvalue weighted by atomic mass is 79.9. The molecule has 0 aliphatic carbocycles. The maximum atomic E-state index is 13.4. The van der Waals surface area contributed by atoms with Gasteiger partial charge in [-0.05, 0) is 56.8 Å². The molecule has 0 saturated carbocycles. The molecule has 1 unspecified atom stereocenters. The van der Waals surface area contributed by atoms with Crippen LogP contribution in [0.5, 0.6) is 0 Å². The van der Waals surface area contributed by atoms with E-state index in [1.54, 1.807) is 0 Å². The summed E-state index contributed by atoms with van der Waals surface area (Å²) < 4.78 is 42.9. The highest BCUT2D eigenvalue weighted by Gasteiger charge is 2.29. The van der Waals surface area contributed by atoms with E-state index in [-0.39, 0.29) is 27.7 Å². The van der Waals surface area contributed by atoms with Crippen LogP contribution in [0.4, 0.5) is 15.9 Å². The molecule has 0 radical (unpaired) electrons. The Labute approximate surface area is 168 Å². The lowest BCUT2D eigenvalue weighted by atomic mass is 10.1. The van der Waals surface area contributed by atoms with Crippen molar-refractivity contribution in [2.24, 2.45) is 10.9 Å². The van der Waals surface area contributed by atoms with Crippen LogP contribution >= 0.6 is 15.9 Å². The molecule has 152 valence electrons. The van der Waals surface area contributed by atoms with Crippen molar-refractivity contribution in [3.8, 4) is 0 Å². The number of sulfonamides is 1. The minimum atomic E-state index is -3.21. The first-order valence-corrected chi connectivity index (χ1v) is 10.9. The molecule has 3 rings (SSSR count). The van der Waals surface area contributed by atoms with E-state index in [0.717, 1.165) is 0 Å². The summed E-state index contributed by atoms with van der Waals surface area (Å²) in [5.74, 6) is -0.164. The predicted octanol–water partition coefficient (Wildman–Crippen LogP) is 1.72. The number of aliphatic imine (C=N–C) groups is 1. The van der Waals surface area contributed by atoms with Crippen LogP contribution in [0.15, 0.2) is 32.3 Å². The van der Waals surface area contributed by atoms with Crippen LogP contribution in [0.25, 0.3) is 0 Å². The Morgan fingerprint density at radius 3 is 2.93 bits per heavy atom. The Morgan fingerprint density at radius 2 is 2.29 bits per heavy atom. The first-order valence-electron chi connectivity index (χ1n) is 8.23. The van der Waals surface area contributed by atoms with Crippen LogP contribution in [-0.2, 0) is 10.0 Å². The third kappa shape index (κ3) is 4.84. The average Bonchev–Trinajstić information content (AvgIpc) is 3.29. The zero-order valence-corrected chi connectivity index (χ0v) is 17.2. The molecule has 1 aromatic heterocycles. The number of rotatable bonds is 6. The molecule has 2 aromatic rings. The summed E-state index contributed by atoms with van der Waals surface area (Å²) >= 11 is 3.07. The lowest BCUT2D eigenvalue weighted by molar-refractivity contribution is 0.234. The molecule has 10 nitrogen and oxygen atoms in total. The summed E-state index contributed by atoms with van der Waals surface area (Å²) in [6.45, 7) is 1.32. The summed E-state index contributed by atoms with van der Waals surface area (Å²) in [6, 6.07) is 4.09. The fourth-order valence-corrected chi connectivity index (χ4v) is 4.07. The van der Waals surface area contributed by atoms with E-state index < -0.39 is 15.8 Å². The van der Waals surface area contributed by atoms with Gasteiger partial charge in [-0.15, -0.1) is 0 Å². The standard InChI is InChI=1S/C15H18BrFN6O4S/c1-28(25,26)23-5-4-9(8-23)7-18-14-13(21-27-22-14)15(20-24)19-10-2-3-12(17)11(16)6-10/h2-3,6,9,24H,4-5,7-8H2,1H3,(H,18,22)(H,19,20). The van der Waals surface area contributed by atoms with Gasteiger partial charge in [-0.1, -0.05) is 0 Å². The highest BCUT2D eigenvalue weighted by Crippen LogP contribution is 2.24. The van der Waals surface area contributed by atoms with Crippen molar-refractivity contribution < 1.29 is 22.6 Å². The first kappa shape index (κ1) is 20.6. The minimum Gasteiger partial charge on any atom is -0.365 e. The second kappa shape index (κ2) is 8.51. The van der Waals surface area contributed by atoms with Crippen molar-refractivity contribution in [2.45, 2.75) is 6.42 Å². The van der Waals surface area contributed by atoms with Crippen molar-refractivity contribution in [1.29, 1.82) is 0 Å². The number of amidine groups is 1. The van der Waals surface area contributed by atoms with E-state index in [1.807, 2.05) is 5.48 Å². The number of nitrogens with zero attached hydrogens (tertiary/aromatic N) is 4. The van der Waals surface area contributed by atoms with Gasteiger partial charge in [0.1, 0.15) is 5.82 Å². The summed E-state index contributed by atoms with van der Waals surface area (Å²) in [7, 11) is -3.21. The van der Waals surface area contributed by atoms with Gasteiger partial charge < -0.3 is 5.32 Å². The second-order valence-electron chi connectivity index (χ2n) is 6.29. The number of halogens is 2. The zero-order chi connectivity index (χ0) is 20.3. The molecule has 1 fully saturated rings. The molecule has 0 spiro atoms. The Morgan fingerprint density at radius 1 is 1.50 bits per heavy atom. The van der Waals surface area contributed by atoms with Gasteiger partial charge >= 0.3 is 0 Å². The fraction of sp³-hybridized carbons (Fsp3) is 0.400. The van der Waals surface area contributed by atoms with E-state index in [1.165, 1.54) is 28.8 Å². The van der Waals surface area contributed by atoms with Gasteiger partial charge in [0.05, 0.1) is 16.4 Å². The Hall–Kier alpha value is -2.09. The molecule has 2 heterocycles. The largest absolute Gasteiger partial charge is 0.365 e. The Balaban J connectivity index is 1.71. The quantitative estimate of drug-likeness (QED) is 0.326. The summed E-state index contributed by atoms with van der Waals surface area (Å²) in [6.07, 6.45) is 1.90. The van der Waals surface area contributed by atoms with Crippen LogP contribution in [0.3, 0.4) is 0 Å². The number of benzene rings is 1. The van der Waals surface area contributed by atoms with Gasteiger partial charge in [0.15, 0.2) is 11.5 Å². The Kier molecular flexibility index (Phi) is 6.27. The monoisotopic (exact) mass is 476 g/mol. The normalized spacial score (nSPS) is 18.4. The van der Waals surface area contributed by atoms with Crippen molar-refractivity contribution in [2.75, 3.05) is 31.2 Å². The van der Waals surface area contributed by atoms with Crippen LogP contribution in [0.1, 0.15) is 12.1 Å². The molecule has 0 amide bonds. The van der Waals surface area contributed by atoms with Gasteiger partial charge in [0.25, 0.3) is 0 Å². The van der Waals surface area contributed by atoms with Crippen molar-refractivity contribution >= 4 is 43.3 Å². The SMILES string of the molecule is CS(=O)(=O)N1CCC(CNc2nonc2C(=Nc2ccc(F)c(Br)c2)NO)C1. The minimum absolute atomic E-state index is 0.0496. The van der Waals surface area contributed by atoms with Gasteiger partial charge in [-0.25, -0.2) is 26.7 Å². The van der Waals surface area contributed by atoms with Gasteiger partial charge in [0, 0.05) is 19.6 Å². The number of nitrogens with one attached hydrogen (secondary N) is 2. The number of hydroxylamine groups is 1. The molecule has 28 heavy (non-hydrogen) atoms. The fourth-order valence-electron chi connectivity index (χ4n) is 2.78. The molecule has 13 heteroatoms. The first-order chi connectivity index (χ1) is 13.3. The van der Waals surface area contributed by atoms with Crippen LogP contribution in [-0.4, -0.2) is 60.0 Å². The number of anilines is 1. The average molecular weight is 477 g/mol. The second-order valence-corrected chi connectivity index (χ2v) is 9.13. The van der Waals surface area contributed by atoms with Gasteiger partial charge in [-0.3, -0.25) is 10.7 Å². The summed E-state index contributed by atoms with van der Waals surface area (Å²) in [4.78, 5) is 4.18. The van der Waals surface area contributed by atoms with E-state index in [2.05, 4.69) is 36.6 Å². The molecule has 3 N–H and O–H groups in total. The van der Waals surface area contributed by atoms with Crippen molar-refractivity contribution in [1.82, 2.24) is 20.1 Å². The molecule has 1 aliphatic heterocycles. The van der Waals surface area contributed by atoms with E-state index >= 15 is 0 Å².